The molecule has 204 valence electrons. The van der Waals surface area contributed by atoms with Gasteiger partial charge in [-0.15, -0.1) is 5.10 Å². The predicted octanol–water partition coefficient (Wildman–Crippen LogP) is 0.446. The van der Waals surface area contributed by atoms with Crippen molar-refractivity contribution < 1.29 is 19.1 Å². The van der Waals surface area contributed by atoms with E-state index in [1.807, 2.05) is 66.5 Å². The molecule has 3 atom stereocenters. The van der Waals surface area contributed by atoms with Gasteiger partial charge in [0, 0.05) is 19.0 Å². The standard InChI is InChI=1S/C28H33N7O4/c1-34-17-21-15-25(34)28(38)31-24(13-19-5-3-2-4-6-19)27(37)29-16-22-18-35(33-32-22)11-12-39-23-9-7-20(8-10-23)14-26(36)30-21/h2-10,18,21,24-25H,11-17H2,1H3,(H,29,37)(H,30,36)(H,31,38)/t21-,24+,25-/m0/s1. The first-order chi connectivity index (χ1) is 18.9. The van der Waals surface area contributed by atoms with E-state index in [0.717, 1.165) is 11.1 Å². The van der Waals surface area contributed by atoms with Crippen LogP contribution >= 0.6 is 0 Å². The summed E-state index contributed by atoms with van der Waals surface area (Å²) in [5, 5.41) is 17.2. The zero-order valence-electron chi connectivity index (χ0n) is 21.9. The molecule has 3 amide bonds. The third-order valence-electron chi connectivity index (χ3n) is 7.04. The molecule has 6 bridgehead atoms. The molecule has 0 saturated carbocycles. The molecule has 2 aromatic carbocycles. The number of hydrogen-bond acceptors (Lipinski definition) is 7. The fourth-order valence-electron chi connectivity index (χ4n) is 4.99. The van der Waals surface area contributed by atoms with E-state index < -0.39 is 12.1 Å². The van der Waals surface area contributed by atoms with Crippen molar-refractivity contribution in [3.05, 3.63) is 77.6 Å². The second kappa shape index (κ2) is 12.1. The molecule has 3 aliphatic rings. The van der Waals surface area contributed by atoms with Crippen LogP contribution in [0.25, 0.3) is 0 Å². The summed E-state index contributed by atoms with van der Waals surface area (Å²) >= 11 is 0. The van der Waals surface area contributed by atoms with Crippen LogP contribution in [0.3, 0.4) is 0 Å². The van der Waals surface area contributed by atoms with E-state index in [2.05, 4.69) is 26.3 Å². The summed E-state index contributed by atoms with van der Waals surface area (Å²) in [4.78, 5) is 41.2. The van der Waals surface area contributed by atoms with Crippen molar-refractivity contribution >= 4 is 17.7 Å². The molecule has 0 aliphatic carbocycles. The first kappa shape index (κ1) is 26.4. The van der Waals surface area contributed by atoms with Gasteiger partial charge in [-0.1, -0.05) is 47.7 Å². The van der Waals surface area contributed by atoms with Crippen LogP contribution in [0.1, 0.15) is 23.2 Å². The Kier molecular flexibility index (Phi) is 8.16. The monoisotopic (exact) mass is 531 g/mol. The normalized spacial score (nSPS) is 23.1. The highest BCUT2D eigenvalue weighted by molar-refractivity contribution is 5.90. The number of amides is 3. The molecule has 3 aliphatic heterocycles. The lowest BCUT2D eigenvalue weighted by atomic mass is 10.0. The molecule has 4 heterocycles. The molecule has 39 heavy (non-hydrogen) atoms. The summed E-state index contributed by atoms with van der Waals surface area (Å²) in [6.07, 6.45) is 2.80. The Bertz CT molecular complexity index is 1290. The Hall–Kier alpha value is -4.25. The summed E-state index contributed by atoms with van der Waals surface area (Å²) in [6.45, 7) is 1.59. The van der Waals surface area contributed by atoms with Gasteiger partial charge in [0.1, 0.15) is 24.1 Å². The van der Waals surface area contributed by atoms with Crippen molar-refractivity contribution in [2.24, 2.45) is 0 Å². The van der Waals surface area contributed by atoms with E-state index in [1.54, 1.807) is 10.9 Å². The van der Waals surface area contributed by atoms with Gasteiger partial charge in [-0.25, -0.2) is 4.68 Å². The Morgan fingerprint density at radius 3 is 2.59 bits per heavy atom. The zero-order valence-corrected chi connectivity index (χ0v) is 21.9. The lowest BCUT2D eigenvalue weighted by Crippen LogP contribution is -2.52. The highest BCUT2D eigenvalue weighted by Gasteiger charge is 2.36. The van der Waals surface area contributed by atoms with Crippen LogP contribution in [0.15, 0.2) is 60.8 Å². The number of hydrogen-bond donors (Lipinski definition) is 3. The first-order valence-electron chi connectivity index (χ1n) is 13.2. The van der Waals surface area contributed by atoms with Crippen molar-refractivity contribution in [3.63, 3.8) is 0 Å². The topological polar surface area (TPSA) is 130 Å². The molecule has 1 aromatic heterocycles. The number of nitrogens with zero attached hydrogens (tertiary/aromatic N) is 4. The summed E-state index contributed by atoms with van der Waals surface area (Å²) < 4.78 is 7.46. The van der Waals surface area contributed by atoms with Crippen LogP contribution in [0.5, 0.6) is 5.75 Å². The van der Waals surface area contributed by atoms with Crippen molar-refractivity contribution in [2.75, 3.05) is 20.2 Å². The highest BCUT2D eigenvalue weighted by Crippen LogP contribution is 2.18. The number of fused-ring (bicyclic) bond motifs is 11. The Balaban J connectivity index is 1.34. The number of likely N-dealkylation sites (N-methyl/N-ethyl adjacent to an activating group) is 1. The number of rotatable bonds is 2. The van der Waals surface area contributed by atoms with Gasteiger partial charge in [-0.3, -0.25) is 19.3 Å². The minimum Gasteiger partial charge on any atom is -0.492 e. The quantitative estimate of drug-likeness (QED) is 0.438. The number of benzene rings is 2. The minimum atomic E-state index is -0.772. The molecular formula is C28H33N7O4. The Morgan fingerprint density at radius 1 is 1.00 bits per heavy atom. The summed E-state index contributed by atoms with van der Waals surface area (Å²) in [5.41, 5.74) is 2.41. The fourth-order valence-corrected chi connectivity index (χ4v) is 4.99. The largest absolute Gasteiger partial charge is 0.492 e. The van der Waals surface area contributed by atoms with Gasteiger partial charge < -0.3 is 20.7 Å². The smallest absolute Gasteiger partial charge is 0.243 e. The highest BCUT2D eigenvalue weighted by atomic mass is 16.5. The number of aromatic nitrogens is 3. The predicted molar refractivity (Wildman–Crippen MR) is 143 cm³/mol. The molecule has 1 fully saturated rings. The minimum absolute atomic E-state index is 0.103. The number of ether oxygens (including phenoxy) is 1. The van der Waals surface area contributed by atoms with Gasteiger partial charge in [-0.05, 0) is 36.7 Å². The molecule has 3 N–H and O–H groups in total. The maximum atomic E-state index is 13.4. The SMILES string of the molecule is CN1C[C@@H]2C[C@H]1C(=O)N[C@H](Cc1ccccc1)C(=O)NCc1cn(nn1)CCOc1ccc(cc1)CC(=O)N2. The average Bonchev–Trinajstić information content (AvgIpc) is 3.53. The van der Waals surface area contributed by atoms with Gasteiger partial charge >= 0.3 is 0 Å². The lowest BCUT2D eigenvalue weighted by molar-refractivity contribution is -0.131. The van der Waals surface area contributed by atoms with E-state index in [1.165, 1.54) is 0 Å². The van der Waals surface area contributed by atoms with Gasteiger partial charge in [0.05, 0.1) is 31.7 Å². The van der Waals surface area contributed by atoms with E-state index in [4.69, 9.17) is 4.74 Å². The number of nitrogens with one attached hydrogen (secondary N) is 3. The Morgan fingerprint density at radius 2 is 1.79 bits per heavy atom. The third-order valence-corrected chi connectivity index (χ3v) is 7.04. The lowest BCUT2D eigenvalue weighted by Gasteiger charge is -2.23. The Labute approximate surface area is 226 Å². The van der Waals surface area contributed by atoms with Crippen LogP contribution in [0.2, 0.25) is 0 Å². The number of carbonyl (C=O) groups is 3. The summed E-state index contributed by atoms with van der Waals surface area (Å²) in [5.74, 6) is 0.0491. The number of likely N-dealkylation sites (tertiary alicyclic amines) is 1. The van der Waals surface area contributed by atoms with E-state index in [0.29, 0.717) is 44.0 Å². The second-order valence-electron chi connectivity index (χ2n) is 10.1. The molecule has 1 saturated heterocycles. The maximum Gasteiger partial charge on any atom is 0.243 e. The van der Waals surface area contributed by atoms with Crippen LogP contribution in [-0.4, -0.2) is 75.9 Å². The van der Waals surface area contributed by atoms with Crippen molar-refractivity contribution in [2.45, 2.75) is 50.5 Å². The van der Waals surface area contributed by atoms with Crippen LogP contribution in [0.4, 0.5) is 0 Å². The van der Waals surface area contributed by atoms with E-state index in [-0.39, 0.29) is 36.7 Å². The second-order valence-corrected chi connectivity index (χ2v) is 10.1. The van der Waals surface area contributed by atoms with Crippen LogP contribution in [0, 0.1) is 0 Å². The van der Waals surface area contributed by atoms with E-state index in [9.17, 15) is 14.4 Å². The van der Waals surface area contributed by atoms with Gasteiger partial charge in [0.15, 0.2) is 0 Å². The van der Waals surface area contributed by atoms with Crippen LogP contribution in [-0.2, 0) is 40.3 Å². The average molecular weight is 532 g/mol. The van der Waals surface area contributed by atoms with Crippen molar-refractivity contribution in [1.29, 1.82) is 0 Å². The maximum absolute atomic E-state index is 13.4. The van der Waals surface area contributed by atoms with Crippen molar-refractivity contribution in [1.82, 2.24) is 35.8 Å². The zero-order chi connectivity index (χ0) is 27.2. The molecule has 0 unspecified atom stereocenters. The molecular weight excluding hydrogens is 498 g/mol. The molecule has 0 spiro atoms. The molecule has 3 aromatic rings. The molecule has 6 rings (SSSR count). The van der Waals surface area contributed by atoms with Gasteiger partial charge in [0.2, 0.25) is 17.7 Å². The summed E-state index contributed by atoms with van der Waals surface area (Å²) in [7, 11) is 1.85. The fraction of sp³-hybridized carbons (Fsp3) is 0.393. The third kappa shape index (κ3) is 6.99. The van der Waals surface area contributed by atoms with Crippen molar-refractivity contribution in [3.8, 4) is 5.75 Å². The first-order valence-corrected chi connectivity index (χ1v) is 13.2. The number of carbonyl (C=O) groups excluding carboxylic acids is 3. The summed E-state index contributed by atoms with van der Waals surface area (Å²) in [6, 6.07) is 15.6. The van der Waals surface area contributed by atoms with Gasteiger partial charge in [0.25, 0.3) is 0 Å². The van der Waals surface area contributed by atoms with Crippen LogP contribution < -0.4 is 20.7 Å². The molecule has 11 nitrogen and oxygen atoms in total. The van der Waals surface area contributed by atoms with E-state index >= 15 is 0 Å². The molecule has 11 heteroatoms. The van der Waals surface area contributed by atoms with Gasteiger partial charge in [-0.2, -0.15) is 0 Å². The molecule has 0 radical (unpaired) electrons.